The zero-order valence-electron chi connectivity index (χ0n) is 16.5. The molecule has 0 aliphatic carbocycles. The Balaban J connectivity index is 0.00000261. The molecule has 27 heavy (non-hydrogen) atoms. The summed E-state index contributed by atoms with van der Waals surface area (Å²) >= 11 is 2.10. The molecule has 0 spiro atoms. The van der Waals surface area contributed by atoms with Gasteiger partial charge >= 0.3 is 0 Å². The molecule has 7 heteroatoms. The van der Waals surface area contributed by atoms with Gasteiger partial charge in [0.2, 0.25) is 0 Å². The number of anilines is 1. The van der Waals surface area contributed by atoms with Gasteiger partial charge in [0.1, 0.15) is 0 Å². The molecule has 5 nitrogen and oxygen atoms in total. The number of nitrogens with one attached hydrogen (secondary N) is 1. The van der Waals surface area contributed by atoms with Gasteiger partial charge in [0, 0.05) is 49.4 Å². The molecule has 3 rings (SSSR count). The second kappa shape index (κ2) is 12.0. The molecule has 2 saturated heterocycles. The molecule has 0 bridgehead atoms. The van der Waals surface area contributed by atoms with Gasteiger partial charge in [-0.05, 0) is 25.0 Å². The van der Waals surface area contributed by atoms with Gasteiger partial charge in [-0.25, -0.2) is 4.99 Å². The predicted octanol–water partition coefficient (Wildman–Crippen LogP) is 3.43. The van der Waals surface area contributed by atoms with E-state index < -0.39 is 0 Å². The van der Waals surface area contributed by atoms with Gasteiger partial charge in [-0.1, -0.05) is 25.1 Å². The average Bonchev–Trinajstić information content (AvgIpc) is 2.72. The van der Waals surface area contributed by atoms with Crippen LogP contribution in [-0.4, -0.2) is 67.8 Å². The lowest BCUT2D eigenvalue weighted by Gasteiger charge is -2.34. The van der Waals surface area contributed by atoms with Crippen molar-refractivity contribution in [3.8, 4) is 0 Å². The topological polar surface area (TPSA) is 40.1 Å². The molecule has 0 radical (unpaired) electrons. The highest BCUT2D eigenvalue weighted by Gasteiger charge is 2.21. The number of ether oxygens (including phenoxy) is 1. The lowest BCUT2D eigenvalue weighted by atomic mass is 10.1. The summed E-state index contributed by atoms with van der Waals surface area (Å²) in [6.07, 6.45) is 1.22. The van der Waals surface area contributed by atoms with Crippen molar-refractivity contribution in [1.29, 1.82) is 0 Å². The first-order chi connectivity index (χ1) is 12.8. The van der Waals surface area contributed by atoms with Gasteiger partial charge in [-0.15, -0.1) is 24.0 Å². The standard InChI is InChI=1S/C20H32N4OS.HI/c1-3-18-16-24(11-14-26-18)20(21-4-2)22-15-17-7-5-6-8-19(17)23-9-12-25-13-10-23;/h5-8,18H,3-4,9-16H2,1-2H3,(H,21,22);1H. The monoisotopic (exact) mass is 504 g/mol. The van der Waals surface area contributed by atoms with E-state index in [4.69, 9.17) is 9.73 Å². The van der Waals surface area contributed by atoms with Crippen LogP contribution in [0, 0.1) is 0 Å². The van der Waals surface area contributed by atoms with E-state index in [-0.39, 0.29) is 24.0 Å². The summed E-state index contributed by atoms with van der Waals surface area (Å²) in [6, 6.07) is 8.66. The summed E-state index contributed by atoms with van der Waals surface area (Å²) in [5, 5.41) is 4.22. The average molecular weight is 504 g/mol. The maximum Gasteiger partial charge on any atom is 0.194 e. The first kappa shape index (κ1) is 22.6. The normalized spacial score (nSPS) is 21.0. The smallest absolute Gasteiger partial charge is 0.194 e. The summed E-state index contributed by atoms with van der Waals surface area (Å²) in [4.78, 5) is 9.85. The number of rotatable bonds is 5. The molecule has 0 saturated carbocycles. The first-order valence-corrected chi connectivity index (χ1v) is 10.9. The van der Waals surface area contributed by atoms with Crippen molar-refractivity contribution in [2.45, 2.75) is 32.1 Å². The van der Waals surface area contributed by atoms with E-state index in [2.05, 4.69) is 65.0 Å². The highest BCUT2D eigenvalue weighted by Crippen LogP contribution is 2.23. The molecule has 152 valence electrons. The van der Waals surface area contributed by atoms with Crippen LogP contribution >= 0.6 is 35.7 Å². The lowest BCUT2D eigenvalue weighted by Crippen LogP contribution is -2.48. The van der Waals surface area contributed by atoms with Crippen LogP contribution in [0.1, 0.15) is 25.8 Å². The fourth-order valence-electron chi connectivity index (χ4n) is 3.50. The Labute approximate surface area is 185 Å². The maximum atomic E-state index is 5.50. The SMILES string of the molecule is CCNC(=NCc1ccccc1N1CCOCC1)N1CCSC(CC)C1.I. The fourth-order valence-corrected chi connectivity index (χ4v) is 4.68. The van der Waals surface area contributed by atoms with Gasteiger partial charge in [0.05, 0.1) is 19.8 Å². The van der Waals surface area contributed by atoms with Crippen LogP contribution in [0.4, 0.5) is 5.69 Å². The number of thioether (sulfide) groups is 1. The Kier molecular flexibility index (Phi) is 10.1. The van der Waals surface area contributed by atoms with E-state index in [9.17, 15) is 0 Å². The summed E-state index contributed by atoms with van der Waals surface area (Å²) in [6.45, 7) is 11.8. The van der Waals surface area contributed by atoms with Crippen LogP contribution in [0.2, 0.25) is 0 Å². The number of hydrogen-bond acceptors (Lipinski definition) is 4. The second-order valence-corrected chi connectivity index (χ2v) is 8.15. The molecule has 0 amide bonds. The van der Waals surface area contributed by atoms with Crippen LogP contribution in [0.3, 0.4) is 0 Å². The van der Waals surface area contributed by atoms with Crippen LogP contribution in [0.15, 0.2) is 29.3 Å². The molecule has 0 aromatic heterocycles. The van der Waals surface area contributed by atoms with Gasteiger partial charge in [0.25, 0.3) is 0 Å². The first-order valence-electron chi connectivity index (χ1n) is 9.87. The number of morpholine rings is 1. The predicted molar refractivity (Wildman–Crippen MR) is 128 cm³/mol. The van der Waals surface area contributed by atoms with E-state index >= 15 is 0 Å². The molecule has 1 N–H and O–H groups in total. The van der Waals surface area contributed by atoms with Crippen molar-refractivity contribution in [2.24, 2.45) is 4.99 Å². The number of aliphatic imine (C=N–C) groups is 1. The maximum absolute atomic E-state index is 5.50. The molecular formula is C20H33IN4OS. The second-order valence-electron chi connectivity index (χ2n) is 6.75. The number of halogens is 1. The number of nitrogens with zero attached hydrogens (tertiary/aromatic N) is 3. The van der Waals surface area contributed by atoms with E-state index in [1.807, 2.05) is 0 Å². The van der Waals surface area contributed by atoms with E-state index in [0.717, 1.165) is 58.4 Å². The fraction of sp³-hybridized carbons (Fsp3) is 0.650. The molecule has 2 heterocycles. The molecule has 2 aliphatic heterocycles. The third-order valence-corrected chi connectivity index (χ3v) is 6.34. The summed E-state index contributed by atoms with van der Waals surface area (Å²) in [5.41, 5.74) is 2.60. The lowest BCUT2D eigenvalue weighted by molar-refractivity contribution is 0.122. The highest BCUT2D eigenvalue weighted by atomic mass is 127. The summed E-state index contributed by atoms with van der Waals surface area (Å²) in [7, 11) is 0. The largest absolute Gasteiger partial charge is 0.378 e. The van der Waals surface area contributed by atoms with Gasteiger partial charge in [-0.2, -0.15) is 11.8 Å². The number of benzene rings is 1. The quantitative estimate of drug-likeness (QED) is 0.378. The van der Waals surface area contributed by atoms with E-state index in [0.29, 0.717) is 5.25 Å². The van der Waals surface area contributed by atoms with Crippen molar-refractivity contribution in [2.75, 3.05) is 56.6 Å². The summed E-state index contributed by atoms with van der Waals surface area (Å²) < 4.78 is 5.50. The third kappa shape index (κ3) is 6.42. The highest BCUT2D eigenvalue weighted by molar-refractivity contribution is 14.0. The minimum absolute atomic E-state index is 0. The van der Waals surface area contributed by atoms with Crippen molar-refractivity contribution >= 4 is 47.4 Å². The number of guanidine groups is 1. The van der Waals surface area contributed by atoms with Gasteiger partial charge in [-0.3, -0.25) is 0 Å². The molecule has 2 fully saturated rings. The minimum atomic E-state index is 0. The molecule has 1 aromatic carbocycles. The number of hydrogen-bond donors (Lipinski definition) is 1. The Bertz CT molecular complexity index is 595. The molecule has 2 aliphatic rings. The van der Waals surface area contributed by atoms with Crippen LogP contribution in [0.5, 0.6) is 0 Å². The van der Waals surface area contributed by atoms with Crippen LogP contribution < -0.4 is 10.2 Å². The van der Waals surface area contributed by atoms with Gasteiger partial charge in [0.15, 0.2) is 5.96 Å². The van der Waals surface area contributed by atoms with Crippen molar-refractivity contribution in [3.63, 3.8) is 0 Å². The Morgan fingerprint density at radius 2 is 2.00 bits per heavy atom. The Hall–Kier alpha value is -0.670. The molecule has 1 unspecified atom stereocenters. The van der Waals surface area contributed by atoms with Crippen LogP contribution in [0.25, 0.3) is 0 Å². The zero-order chi connectivity index (χ0) is 18.2. The molecular weight excluding hydrogens is 471 g/mol. The number of para-hydroxylation sites is 1. The summed E-state index contributed by atoms with van der Waals surface area (Å²) in [5.74, 6) is 2.25. The van der Waals surface area contributed by atoms with Crippen LogP contribution in [-0.2, 0) is 11.3 Å². The minimum Gasteiger partial charge on any atom is -0.378 e. The van der Waals surface area contributed by atoms with Crippen molar-refractivity contribution in [3.05, 3.63) is 29.8 Å². The van der Waals surface area contributed by atoms with Crippen molar-refractivity contribution in [1.82, 2.24) is 10.2 Å². The Morgan fingerprint density at radius 3 is 2.74 bits per heavy atom. The Morgan fingerprint density at radius 1 is 1.22 bits per heavy atom. The van der Waals surface area contributed by atoms with Gasteiger partial charge < -0.3 is 19.9 Å². The van der Waals surface area contributed by atoms with E-state index in [1.165, 1.54) is 23.4 Å². The van der Waals surface area contributed by atoms with Crippen molar-refractivity contribution < 1.29 is 4.74 Å². The third-order valence-electron chi connectivity index (χ3n) is 4.97. The zero-order valence-corrected chi connectivity index (χ0v) is 19.7. The molecule has 1 aromatic rings. The van der Waals surface area contributed by atoms with E-state index in [1.54, 1.807) is 0 Å². The molecule has 1 atom stereocenters.